The highest BCUT2D eigenvalue weighted by atomic mass is 16.7. The molecule has 0 heterocycles. The molecule has 0 saturated heterocycles. The number of ether oxygens (including phenoxy) is 2. The monoisotopic (exact) mass is 258 g/mol. The van der Waals surface area contributed by atoms with Gasteiger partial charge < -0.3 is 9.47 Å². The van der Waals surface area contributed by atoms with Crippen LogP contribution in [0.2, 0.25) is 0 Å². The largest absolute Gasteiger partial charge is 0.353 e. The SMILES string of the molecule is C=CC.CCCCCCCCCC(C)(OC)OC. The summed E-state index contributed by atoms with van der Waals surface area (Å²) in [5.74, 6) is -0.372. The average Bonchev–Trinajstić information content (AvgIpc) is 2.38. The van der Waals surface area contributed by atoms with E-state index in [0.717, 1.165) is 6.42 Å². The number of hydrogen-bond donors (Lipinski definition) is 0. The quantitative estimate of drug-likeness (QED) is 0.299. The minimum absolute atomic E-state index is 0.372. The van der Waals surface area contributed by atoms with Crippen LogP contribution in [-0.2, 0) is 9.47 Å². The molecule has 0 fully saturated rings. The molecule has 2 nitrogen and oxygen atoms in total. The molecule has 0 saturated carbocycles. The highest BCUT2D eigenvalue weighted by molar-refractivity contribution is 4.61. The molecule has 0 aliphatic heterocycles. The summed E-state index contributed by atoms with van der Waals surface area (Å²) in [5.41, 5.74) is 0. The fraction of sp³-hybridized carbons (Fsp3) is 0.875. The molecule has 0 radical (unpaired) electrons. The van der Waals surface area contributed by atoms with Crippen LogP contribution in [-0.4, -0.2) is 20.0 Å². The summed E-state index contributed by atoms with van der Waals surface area (Å²) < 4.78 is 10.6. The lowest BCUT2D eigenvalue weighted by Gasteiger charge is -2.26. The second-order valence-electron chi connectivity index (χ2n) is 4.82. The van der Waals surface area contributed by atoms with Crippen molar-refractivity contribution in [1.29, 1.82) is 0 Å². The van der Waals surface area contributed by atoms with Crippen molar-refractivity contribution in [2.24, 2.45) is 0 Å². The number of allylic oxidation sites excluding steroid dienone is 1. The maximum Gasteiger partial charge on any atom is 0.164 e. The Balaban J connectivity index is 0. The van der Waals surface area contributed by atoms with Gasteiger partial charge in [-0.25, -0.2) is 0 Å². The lowest BCUT2D eigenvalue weighted by atomic mass is 10.1. The van der Waals surface area contributed by atoms with Gasteiger partial charge in [-0.05, 0) is 20.3 Å². The molecule has 110 valence electrons. The molecular formula is C16H34O2. The van der Waals surface area contributed by atoms with Crippen molar-refractivity contribution < 1.29 is 9.47 Å². The number of rotatable bonds is 10. The van der Waals surface area contributed by atoms with E-state index in [1.54, 1.807) is 20.3 Å². The van der Waals surface area contributed by atoms with Gasteiger partial charge in [0.15, 0.2) is 5.79 Å². The van der Waals surface area contributed by atoms with Gasteiger partial charge >= 0.3 is 0 Å². The van der Waals surface area contributed by atoms with E-state index in [2.05, 4.69) is 13.5 Å². The summed E-state index contributed by atoms with van der Waals surface area (Å²) in [6, 6.07) is 0. The summed E-state index contributed by atoms with van der Waals surface area (Å²) in [5, 5.41) is 0. The average molecular weight is 258 g/mol. The van der Waals surface area contributed by atoms with Crippen LogP contribution in [0.1, 0.15) is 72.1 Å². The van der Waals surface area contributed by atoms with Crippen molar-refractivity contribution in [2.75, 3.05) is 14.2 Å². The Morgan fingerprint density at radius 1 is 0.944 bits per heavy atom. The third-order valence-electron chi connectivity index (χ3n) is 3.10. The maximum atomic E-state index is 5.31. The number of methoxy groups -OCH3 is 2. The van der Waals surface area contributed by atoms with Crippen molar-refractivity contribution in [3.63, 3.8) is 0 Å². The van der Waals surface area contributed by atoms with Crippen molar-refractivity contribution in [2.45, 2.75) is 77.9 Å². The Morgan fingerprint density at radius 2 is 1.33 bits per heavy atom. The summed E-state index contributed by atoms with van der Waals surface area (Å²) in [4.78, 5) is 0. The van der Waals surface area contributed by atoms with Crippen molar-refractivity contribution >= 4 is 0 Å². The van der Waals surface area contributed by atoms with Crippen LogP contribution < -0.4 is 0 Å². The van der Waals surface area contributed by atoms with Crippen molar-refractivity contribution in [3.8, 4) is 0 Å². The minimum atomic E-state index is -0.372. The topological polar surface area (TPSA) is 18.5 Å². The zero-order valence-corrected chi connectivity index (χ0v) is 13.3. The van der Waals surface area contributed by atoms with Crippen LogP contribution in [0.4, 0.5) is 0 Å². The van der Waals surface area contributed by atoms with E-state index in [0.29, 0.717) is 0 Å². The Hall–Kier alpha value is -0.340. The van der Waals surface area contributed by atoms with Crippen LogP contribution >= 0.6 is 0 Å². The van der Waals surface area contributed by atoms with Crippen LogP contribution in [0.3, 0.4) is 0 Å². The Bertz CT molecular complexity index is 162. The molecule has 18 heavy (non-hydrogen) atoms. The Kier molecular flexibility index (Phi) is 16.3. The molecule has 0 aromatic rings. The lowest BCUT2D eigenvalue weighted by molar-refractivity contribution is -0.197. The van der Waals surface area contributed by atoms with Crippen LogP contribution in [0.25, 0.3) is 0 Å². The third-order valence-corrected chi connectivity index (χ3v) is 3.10. The molecular weight excluding hydrogens is 224 g/mol. The molecule has 0 N–H and O–H groups in total. The molecule has 0 rings (SSSR count). The zero-order chi connectivity index (χ0) is 14.3. The number of hydrogen-bond acceptors (Lipinski definition) is 2. The molecule has 0 aliphatic rings. The van der Waals surface area contributed by atoms with E-state index in [4.69, 9.17) is 9.47 Å². The van der Waals surface area contributed by atoms with Crippen LogP contribution in [0.5, 0.6) is 0 Å². The van der Waals surface area contributed by atoms with E-state index < -0.39 is 0 Å². The third kappa shape index (κ3) is 13.7. The summed E-state index contributed by atoms with van der Waals surface area (Å²) in [7, 11) is 3.43. The van der Waals surface area contributed by atoms with E-state index in [9.17, 15) is 0 Å². The molecule has 0 atom stereocenters. The second kappa shape index (κ2) is 14.7. The van der Waals surface area contributed by atoms with Crippen LogP contribution in [0.15, 0.2) is 12.7 Å². The van der Waals surface area contributed by atoms with Gasteiger partial charge in [0.05, 0.1) is 0 Å². The first kappa shape index (κ1) is 20.0. The molecule has 0 aromatic carbocycles. The molecule has 0 amide bonds. The molecule has 0 aliphatic carbocycles. The highest BCUT2D eigenvalue weighted by Crippen LogP contribution is 2.19. The van der Waals surface area contributed by atoms with E-state index in [1.165, 1.54) is 44.9 Å². The molecule has 2 heteroatoms. The molecule has 0 bridgehead atoms. The van der Waals surface area contributed by atoms with Gasteiger partial charge in [0.1, 0.15) is 0 Å². The summed E-state index contributed by atoms with van der Waals surface area (Å²) in [6.07, 6.45) is 12.1. The molecule has 0 aromatic heterocycles. The maximum absolute atomic E-state index is 5.31. The van der Waals surface area contributed by atoms with E-state index in [1.807, 2.05) is 13.8 Å². The van der Waals surface area contributed by atoms with E-state index >= 15 is 0 Å². The minimum Gasteiger partial charge on any atom is -0.353 e. The van der Waals surface area contributed by atoms with Gasteiger partial charge in [0.25, 0.3) is 0 Å². The fourth-order valence-electron chi connectivity index (χ4n) is 1.69. The van der Waals surface area contributed by atoms with E-state index in [-0.39, 0.29) is 5.79 Å². The molecule has 0 unspecified atom stereocenters. The van der Waals surface area contributed by atoms with Crippen LogP contribution in [0, 0.1) is 0 Å². The first-order valence-corrected chi connectivity index (χ1v) is 7.27. The lowest BCUT2D eigenvalue weighted by Crippen LogP contribution is -2.29. The predicted molar refractivity (Wildman–Crippen MR) is 80.9 cm³/mol. The smallest absolute Gasteiger partial charge is 0.164 e. The van der Waals surface area contributed by atoms with Gasteiger partial charge in [0.2, 0.25) is 0 Å². The summed E-state index contributed by atoms with van der Waals surface area (Å²) in [6.45, 7) is 9.51. The zero-order valence-electron chi connectivity index (χ0n) is 13.3. The second-order valence-corrected chi connectivity index (χ2v) is 4.82. The highest BCUT2D eigenvalue weighted by Gasteiger charge is 2.21. The van der Waals surface area contributed by atoms with Gasteiger partial charge in [0, 0.05) is 20.6 Å². The fourth-order valence-corrected chi connectivity index (χ4v) is 1.69. The van der Waals surface area contributed by atoms with Gasteiger partial charge in [-0.2, -0.15) is 0 Å². The van der Waals surface area contributed by atoms with Crippen molar-refractivity contribution in [1.82, 2.24) is 0 Å². The van der Waals surface area contributed by atoms with Crippen molar-refractivity contribution in [3.05, 3.63) is 12.7 Å². The van der Waals surface area contributed by atoms with Gasteiger partial charge in [-0.3, -0.25) is 0 Å². The summed E-state index contributed by atoms with van der Waals surface area (Å²) >= 11 is 0. The van der Waals surface area contributed by atoms with Gasteiger partial charge in [-0.15, -0.1) is 6.58 Å². The standard InChI is InChI=1S/C13H28O2.C3H6/c1-5-6-7-8-9-10-11-12-13(2,14-3)15-4;1-3-2/h5-12H2,1-4H3;3H,1H2,2H3. The normalized spacial score (nSPS) is 10.7. The predicted octanol–water partition coefficient (Wildman–Crippen LogP) is 5.33. The molecule has 0 spiro atoms. The first-order chi connectivity index (χ1) is 8.60. The Morgan fingerprint density at radius 3 is 1.72 bits per heavy atom. The first-order valence-electron chi connectivity index (χ1n) is 7.27. The van der Waals surface area contributed by atoms with Gasteiger partial charge in [-0.1, -0.05) is 51.5 Å². The Labute approximate surface area is 115 Å². The number of unbranched alkanes of at least 4 members (excludes halogenated alkanes) is 6.